The van der Waals surface area contributed by atoms with Gasteiger partial charge in [-0.15, -0.1) is 0 Å². The van der Waals surface area contributed by atoms with Crippen molar-refractivity contribution in [1.82, 2.24) is 14.5 Å². The van der Waals surface area contributed by atoms with Gasteiger partial charge in [0.1, 0.15) is 29.7 Å². The Balaban J connectivity index is 1.41. The molecule has 0 bridgehead atoms. The van der Waals surface area contributed by atoms with Gasteiger partial charge in [0.25, 0.3) is 0 Å². The molecule has 42 heavy (non-hydrogen) atoms. The number of unbranched alkanes of at least 4 members (excludes halogenated alkanes) is 1. The average molecular weight is 626 g/mol. The van der Waals surface area contributed by atoms with E-state index in [2.05, 4.69) is 29.5 Å². The van der Waals surface area contributed by atoms with E-state index in [1.54, 1.807) is 18.2 Å². The van der Waals surface area contributed by atoms with E-state index in [0.717, 1.165) is 63.5 Å². The van der Waals surface area contributed by atoms with E-state index in [-0.39, 0.29) is 46.5 Å². The molecule has 1 aliphatic rings. The van der Waals surface area contributed by atoms with Crippen molar-refractivity contribution in [3.05, 3.63) is 52.8 Å². The van der Waals surface area contributed by atoms with Crippen LogP contribution in [0.1, 0.15) is 30.4 Å². The van der Waals surface area contributed by atoms with Crippen molar-refractivity contribution in [1.29, 1.82) is 0 Å². The third-order valence-electron chi connectivity index (χ3n) is 7.15. The van der Waals surface area contributed by atoms with Gasteiger partial charge < -0.3 is 18.8 Å². The minimum absolute atomic E-state index is 0.0147. The number of fused-ring (bicyclic) bond motifs is 1. The number of hydrogen-bond acceptors (Lipinski definition) is 6. The van der Waals surface area contributed by atoms with Crippen LogP contribution >= 0.6 is 11.6 Å². The quantitative estimate of drug-likeness (QED) is 0.137. The number of alkyl halides is 3. The van der Waals surface area contributed by atoms with Gasteiger partial charge in [-0.3, -0.25) is 9.69 Å². The zero-order valence-electron chi connectivity index (χ0n) is 24.4. The predicted octanol–water partition coefficient (Wildman–Crippen LogP) is 7.43. The highest BCUT2D eigenvalue weighted by atomic mass is 35.5. The molecular formula is C30H39ClF3N3O4Si. The van der Waals surface area contributed by atoms with Gasteiger partial charge in [-0.1, -0.05) is 37.3 Å². The number of ether oxygens (including phenoxy) is 3. The molecule has 4 rings (SSSR count). The summed E-state index contributed by atoms with van der Waals surface area (Å²) in [6.07, 6.45) is 0.260. The molecule has 3 aromatic rings. The summed E-state index contributed by atoms with van der Waals surface area (Å²) in [5, 5.41) is 0.0476. The molecule has 3 heterocycles. The van der Waals surface area contributed by atoms with Gasteiger partial charge in [0.15, 0.2) is 0 Å². The number of hydrogen-bond donors (Lipinski definition) is 0. The summed E-state index contributed by atoms with van der Waals surface area (Å²) < 4.78 is 60.5. The summed E-state index contributed by atoms with van der Waals surface area (Å²) >= 11 is 6.47. The Kier molecular flexibility index (Phi) is 11.1. The number of carbonyl (C=O) groups excluding carboxylic acids is 1. The van der Waals surface area contributed by atoms with E-state index in [1.807, 2.05) is 0 Å². The molecule has 0 spiro atoms. The molecule has 1 saturated heterocycles. The maximum absolute atomic E-state index is 14.1. The minimum atomic E-state index is -4.63. The maximum Gasteiger partial charge on any atom is 0.418 e. The van der Waals surface area contributed by atoms with E-state index in [4.69, 9.17) is 25.8 Å². The zero-order chi connectivity index (χ0) is 30.3. The molecule has 0 N–H and O–H groups in total. The van der Waals surface area contributed by atoms with Crippen LogP contribution in [-0.4, -0.2) is 67.8 Å². The second kappa shape index (κ2) is 14.4. The van der Waals surface area contributed by atoms with Gasteiger partial charge >= 0.3 is 6.18 Å². The Morgan fingerprint density at radius 2 is 1.88 bits per heavy atom. The highest BCUT2D eigenvalue weighted by Gasteiger charge is 2.36. The molecule has 0 unspecified atom stereocenters. The molecule has 0 atom stereocenters. The van der Waals surface area contributed by atoms with Crippen LogP contribution in [0.3, 0.4) is 0 Å². The Bertz CT molecular complexity index is 1350. The van der Waals surface area contributed by atoms with Crippen LogP contribution in [0, 0.1) is 0 Å². The van der Waals surface area contributed by atoms with Crippen molar-refractivity contribution >= 4 is 36.5 Å². The highest BCUT2D eigenvalue weighted by Crippen LogP contribution is 2.42. The Labute approximate surface area is 250 Å². The van der Waals surface area contributed by atoms with Gasteiger partial charge in [0.2, 0.25) is 0 Å². The van der Waals surface area contributed by atoms with Crippen LogP contribution in [0.15, 0.2) is 36.7 Å². The standard InChI is InChI=1S/C30H39ClF3N3O4Si/c1-42(2,3)17-16-40-21-37-20-24(30(32,33)34)28-27(9-10-35-29(28)37)41-26-8-7-22(19-25(26)31)18-23(38)6-4-5-11-36-12-14-39-15-13-36/h7-10,19-20H,4-6,11-18,21H2,1-3H3. The Hall–Kier alpha value is -2.44. The van der Waals surface area contributed by atoms with Crippen molar-refractivity contribution in [2.45, 2.75) is 64.3 Å². The summed E-state index contributed by atoms with van der Waals surface area (Å²) in [6.45, 7) is 11.4. The molecule has 0 radical (unpaired) electrons. The van der Waals surface area contributed by atoms with Crippen LogP contribution in [0.5, 0.6) is 11.5 Å². The first kappa shape index (κ1) is 32.5. The molecule has 230 valence electrons. The molecular weight excluding hydrogens is 587 g/mol. The fourth-order valence-electron chi connectivity index (χ4n) is 4.78. The van der Waals surface area contributed by atoms with Crippen molar-refractivity contribution in [3.8, 4) is 11.5 Å². The number of ketones is 1. The SMILES string of the molecule is C[Si](C)(C)CCOCn1cc(C(F)(F)F)c2c(Oc3ccc(CC(=O)CCCCN4CCOCC4)cc3Cl)ccnc21. The van der Waals surface area contributed by atoms with E-state index < -0.39 is 19.8 Å². The minimum Gasteiger partial charge on any atom is -0.455 e. The van der Waals surface area contributed by atoms with Crippen molar-refractivity contribution in [3.63, 3.8) is 0 Å². The predicted molar refractivity (Wildman–Crippen MR) is 160 cm³/mol. The topological polar surface area (TPSA) is 65.8 Å². The number of halogens is 4. The molecule has 0 saturated carbocycles. The smallest absolute Gasteiger partial charge is 0.418 e. The Morgan fingerprint density at radius 3 is 2.57 bits per heavy atom. The van der Waals surface area contributed by atoms with Crippen LogP contribution in [0.25, 0.3) is 11.0 Å². The Morgan fingerprint density at radius 1 is 1.12 bits per heavy atom. The van der Waals surface area contributed by atoms with Gasteiger partial charge in [-0.05, 0) is 49.2 Å². The van der Waals surface area contributed by atoms with Crippen molar-refractivity contribution in [2.24, 2.45) is 0 Å². The van der Waals surface area contributed by atoms with Crippen LogP contribution < -0.4 is 4.74 Å². The molecule has 7 nitrogen and oxygen atoms in total. The molecule has 1 aliphatic heterocycles. The van der Waals surface area contributed by atoms with Gasteiger partial charge in [0, 0.05) is 53.0 Å². The lowest BCUT2D eigenvalue weighted by Gasteiger charge is -2.26. The second-order valence-corrected chi connectivity index (χ2v) is 17.9. The summed E-state index contributed by atoms with van der Waals surface area (Å²) in [5.41, 5.74) is -0.0239. The maximum atomic E-state index is 14.1. The number of pyridine rings is 1. The third kappa shape index (κ3) is 9.28. The van der Waals surface area contributed by atoms with E-state index in [0.29, 0.717) is 13.0 Å². The van der Waals surface area contributed by atoms with E-state index >= 15 is 0 Å². The van der Waals surface area contributed by atoms with Gasteiger partial charge in [0.05, 0.1) is 29.2 Å². The first-order valence-electron chi connectivity index (χ1n) is 14.3. The fraction of sp³-hybridized carbons (Fsp3) is 0.533. The zero-order valence-corrected chi connectivity index (χ0v) is 26.2. The summed E-state index contributed by atoms with van der Waals surface area (Å²) in [6, 6.07) is 7.21. The third-order valence-corrected chi connectivity index (χ3v) is 9.15. The van der Waals surface area contributed by atoms with E-state index in [9.17, 15) is 18.0 Å². The number of rotatable bonds is 14. The molecule has 2 aromatic heterocycles. The van der Waals surface area contributed by atoms with E-state index in [1.165, 1.54) is 16.8 Å². The second-order valence-electron chi connectivity index (χ2n) is 11.9. The first-order valence-corrected chi connectivity index (χ1v) is 18.4. The summed E-state index contributed by atoms with van der Waals surface area (Å²) in [4.78, 5) is 19.1. The van der Waals surface area contributed by atoms with Gasteiger partial charge in [-0.25, -0.2) is 4.98 Å². The monoisotopic (exact) mass is 625 g/mol. The molecule has 0 amide bonds. The van der Waals surface area contributed by atoms with Crippen molar-refractivity contribution < 1.29 is 32.2 Å². The fourth-order valence-corrected chi connectivity index (χ4v) is 5.78. The summed E-state index contributed by atoms with van der Waals surface area (Å²) in [7, 11) is -1.35. The molecule has 12 heteroatoms. The number of benzene rings is 1. The molecule has 1 aromatic carbocycles. The lowest BCUT2D eigenvalue weighted by atomic mass is 10.0. The number of Topliss-reactive ketones (excluding diaryl/α,β-unsaturated/α-hetero) is 1. The molecule has 0 aliphatic carbocycles. The molecule has 1 fully saturated rings. The lowest BCUT2D eigenvalue weighted by molar-refractivity contribution is -0.136. The van der Waals surface area contributed by atoms with Crippen LogP contribution in [0.4, 0.5) is 13.2 Å². The number of carbonyl (C=O) groups is 1. The van der Waals surface area contributed by atoms with Crippen LogP contribution in [-0.2, 0) is 33.6 Å². The number of nitrogens with zero attached hydrogens (tertiary/aromatic N) is 3. The first-order chi connectivity index (χ1) is 19.9. The lowest BCUT2D eigenvalue weighted by Crippen LogP contribution is -2.36. The average Bonchev–Trinajstić information content (AvgIpc) is 3.31. The number of morpholine rings is 1. The van der Waals surface area contributed by atoms with Crippen LogP contribution in [0.2, 0.25) is 30.7 Å². The van der Waals surface area contributed by atoms with Gasteiger partial charge in [-0.2, -0.15) is 13.2 Å². The largest absolute Gasteiger partial charge is 0.455 e. The highest BCUT2D eigenvalue weighted by molar-refractivity contribution is 6.76. The normalized spacial score (nSPS) is 14.9. The summed E-state index contributed by atoms with van der Waals surface area (Å²) in [5.74, 6) is 0.290. The van der Waals surface area contributed by atoms with Crippen molar-refractivity contribution in [2.75, 3.05) is 39.5 Å². The number of aromatic nitrogens is 2.